The number of nitrogens with one attached hydrogen (secondary N) is 1. The Bertz CT molecular complexity index is 811. The highest BCUT2D eigenvalue weighted by Crippen LogP contribution is 2.16. The van der Waals surface area contributed by atoms with Gasteiger partial charge in [-0.25, -0.2) is 0 Å². The highest BCUT2D eigenvalue weighted by Gasteiger charge is 2.24. The summed E-state index contributed by atoms with van der Waals surface area (Å²) in [5.74, 6) is -1.26. The van der Waals surface area contributed by atoms with Gasteiger partial charge in [0.2, 0.25) is 16.8 Å². The first-order valence-electron chi connectivity index (χ1n) is 8.04. The minimum atomic E-state index is -1.01. The lowest BCUT2D eigenvalue weighted by molar-refractivity contribution is -0.148. The number of carbonyl (C=O) groups is 3. The fraction of sp³-hybridized carbons (Fsp3) is 0.353. The molecular weight excluding hydrogens is 413 g/mol. The van der Waals surface area contributed by atoms with E-state index in [0.29, 0.717) is 20.7 Å². The lowest BCUT2D eigenvalue weighted by Gasteiger charge is -2.16. The maximum Gasteiger partial charge on any atom is 0.307 e. The third-order valence-corrected chi connectivity index (χ3v) is 4.62. The number of halogens is 2. The molecule has 7 nitrogen and oxygen atoms in total. The van der Waals surface area contributed by atoms with Crippen LogP contribution < -0.4 is 5.32 Å². The lowest BCUT2D eigenvalue weighted by atomic mass is 10.0. The van der Waals surface area contributed by atoms with Gasteiger partial charge in [0.15, 0.2) is 6.10 Å². The van der Waals surface area contributed by atoms with Crippen LogP contribution in [0.15, 0.2) is 24.3 Å². The molecule has 0 spiro atoms. The summed E-state index contributed by atoms with van der Waals surface area (Å²) < 4.78 is 5.23. The molecule has 1 amide bonds. The van der Waals surface area contributed by atoms with Crippen LogP contribution in [-0.4, -0.2) is 39.8 Å². The number of hydrogen-bond acceptors (Lipinski definition) is 7. The van der Waals surface area contributed by atoms with E-state index >= 15 is 0 Å². The summed E-state index contributed by atoms with van der Waals surface area (Å²) in [6, 6.07) is 6.26. The van der Waals surface area contributed by atoms with Crippen LogP contribution in [0.5, 0.6) is 0 Å². The van der Waals surface area contributed by atoms with Gasteiger partial charge in [-0.1, -0.05) is 22.9 Å². The Morgan fingerprint density at radius 1 is 1.19 bits per heavy atom. The molecule has 1 aromatic heterocycles. The third-order valence-electron chi connectivity index (χ3n) is 3.39. The van der Waals surface area contributed by atoms with Crippen LogP contribution in [-0.2, 0) is 14.3 Å². The molecule has 1 atom stereocenters. The number of anilines is 1. The number of ketones is 1. The van der Waals surface area contributed by atoms with Gasteiger partial charge in [0, 0.05) is 29.3 Å². The summed E-state index contributed by atoms with van der Waals surface area (Å²) in [5, 5.41) is 11.7. The molecule has 1 aromatic carbocycles. The zero-order valence-electron chi connectivity index (χ0n) is 14.4. The van der Waals surface area contributed by atoms with Crippen LogP contribution in [0.3, 0.4) is 0 Å². The zero-order valence-corrected chi connectivity index (χ0v) is 16.7. The fourth-order valence-corrected chi connectivity index (χ4v) is 3.04. The summed E-state index contributed by atoms with van der Waals surface area (Å²) >= 11 is 12.8. The van der Waals surface area contributed by atoms with Crippen molar-refractivity contribution in [1.29, 1.82) is 0 Å². The molecule has 0 aliphatic rings. The van der Waals surface area contributed by atoms with Gasteiger partial charge >= 0.3 is 5.97 Å². The van der Waals surface area contributed by atoms with Crippen molar-refractivity contribution in [2.75, 3.05) is 11.2 Å². The van der Waals surface area contributed by atoms with Crippen LogP contribution in [0.1, 0.15) is 34.6 Å². The Morgan fingerprint density at radius 2 is 1.89 bits per heavy atom. The normalized spacial score (nSPS) is 11.7. The van der Waals surface area contributed by atoms with E-state index in [1.165, 1.54) is 11.3 Å². The molecular formula is C17H17Cl2N3O4S. The predicted molar refractivity (Wildman–Crippen MR) is 104 cm³/mol. The molecule has 0 bridgehead atoms. The van der Waals surface area contributed by atoms with E-state index < -0.39 is 12.1 Å². The van der Waals surface area contributed by atoms with E-state index in [-0.39, 0.29) is 36.8 Å². The Hall–Kier alpha value is -2.03. The first-order valence-corrected chi connectivity index (χ1v) is 9.77. The average Bonchev–Trinajstić information content (AvgIpc) is 3.04. The zero-order chi connectivity index (χ0) is 19.8. The molecule has 144 valence electrons. The number of Topliss-reactive ketones (excluding diaryl/α,β-unsaturated/α-hetero) is 1. The second kappa shape index (κ2) is 10.3. The first kappa shape index (κ1) is 21.3. The van der Waals surface area contributed by atoms with E-state index in [4.69, 9.17) is 27.9 Å². The molecule has 1 N–H and O–H groups in total. The molecule has 0 saturated carbocycles. The van der Waals surface area contributed by atoms with E-state index in [0.717, 1.165) is 0 Å². The van der Waals surface area contributed by atoms with Crippen molar-refractivity contribution in [3.63, 3.8) is 0 Å². The van der Waals surface area contributed by atoms with Crippen LogP contribution in [0, 0.1) is 6.92 Å². The Morgan fingerprint density at radius 3 is 2.48 bits per heavy atom. The molecule has 10 heteroatoms. The maximum absolute atomic E-state index is 12.5. The summed E-state index contributed by atoms with van der Waals surface area (Å²) in [7, 11) is 0. The van der Waals surface area contributed by atoms with Gasteiger partial charge < -0.3 is 10.1 Å². The second-order valence-electron chi connectivity index (χ2n) is 5.50. The second-order valence-corrected chi connectivity index (χ2v) is 7.50. The minimum absolute atomic E-state index is 0.0970. The Kier molecular flexibility index (Phi) is 8.15. The number of alkyl halides is 1. The van der Waals surface area contributed by atoms with Gasteiger partial charge in [-0.05, 0) is 31.2 Å². The number of carbonyl (C=O) groups excluding carboxylic acids is 3. The van der Waals surface area contributed by atoms with E-state index in [1.54, 1.807) is 31.2 Å². The van der Waals surface area contributed by atoms with Crippen LogP contribution >= 0.6 is 34.5 Å². The van der Waals surface area contributed by atoms with Crippen molar-refractivity contribution in [2.24, 2.45) is 0 Å². The number of aromatic nitrogens is 2. The number of esters is 1. The van der Waals surface area contributed by atoms with Crippen molar-refractivity contribution >= 4 is 57.3 Å². The third kappa shape index (κ3) is 6.89. The molecule has 27 heavy (non-hydrogen) atoms. The first-order chi connectivity index (χ1) is 12.9. The maximum atomic E-state index is 12.5. The van der Waals surface area contributed by atoms with Crippen molar-refractivity contribution in [1.82, 2.24) is 10.2 Å². The van der Waals surface area contributed by atoms with Gasteiger partial charge in [0.05, 0.1) is 6.42 Å². The summed E-state index contributed by atoms with van der Waals surface area (Å²) in [4.78, 5) is 36.4. The monoisotopic (exact) mass is 429 g/mol. The molecule has 2 aromatic rings. The summed E-state index contributed by atoms with van der Waals surface area (Å²) in [6.07, 6.45) is -1.10. The van der Waals surface area contributed by atoms with Crippen molar-refractivity contribution in [2.45, 2.75) is 32.3 Å². The molecule has 0 radical (unpaired) electrons. The topological polar surface area (TPSA) is 98.2 Å². The number of ether oxygens (including phenoxy) is 1. The number of amides is 1. The van der Waals surface area contributed by atoms with Crippen LogP contribution in [0.4, 0.5) is 5.13 Å². The number of aryl methyl sites for hydroxylation is 1. The van der Waals surface area contributed by atoms with Crippen LogP contribution in [0.2, 0.25) is 5.02 Å². The van der Waals surface area contributed by atoms with Gasteiger partial charge in [-0.2, -0.15) is 0 Å². The SMILES string of the molecule is Cc1nnc(NC(=O)CCC(=O)O[C@@H](CCCl)C(=O)c2ccc(Cl)cc2)s1. The standard InChI is InChI=1S/C17H17Cl2N3O4S/c1-10-21-22-17(27-10)20-14(23)6-7-15(24)26-13(8-9-18)16(25)11-2-4-12(19)5-3-11/h2-5,13H,6-9H2,1H3,(H,20,22,23)/t13-/m0/s1. The van der Waals surface area contributed by atoms with E-state index in [2.05, 4.69) is 15.5 Å². The quantitative estimate of drug-likeness (QED) is 0.371. The smallest absolute Gasteiger partial charge is 0.307 e. The largest absolute Gasteiger partial charge is 0.454 e. The molecule has 0 unspecified atom stereocenters. The summed E-state index contributed by atoms with van der Waals surface area (Å²) in [5.41, 5.74) is 0.367. The van der Waals surface area contributed by atoms with E-state index in [1.807, 2.05) is 0 Å². The Labute approximate surface area is 170 Å². The highest BCUT2D eigenvalue weighted by molar-refractivity contribution is 7.15. The minimum Gasteiger partial charge on any atom is -0.454 e. The van der Waals surface area contributed by atoms with Gasteiger partial charge in [-0.15, -0.1) is 21.8 Å². The van der Waals surface area contributed by atoms with Crippen LogP contribution in [0.25, 0.3) is 0 Å². The van der Waals surface area contributed by atoms with Gasteiger partial charge in [-0.3, -0.25) is 14.4 Å². The lowest BCUT2D eigenvalue weighted by Crippen LogP contribution is -2.28. The van der Waals surface area contributed by atoms with Crippen molar-refractivity contribution in [3.05, 3.63) is 39.9 Å². The number of rotatable bonds is 9. The summed E-state index contributed by atoms with van der Waals surface area (Å²) in [6.45, 7) is 1.76. The van der Waals surface area contributed by atoms with Gasteiger partial charge in [0.25, 0.3) is 0 Å². The molecule has 0 saturated heterocycles. The molecule has 0 aliphatic heterocycles. The Balaban J connectivity index is 1.87. The van der Waals surface area contributed by atoms with Crippen molar-refractivity contribution in [3.8, 4) is 0 Å². The molecule has 1 heterocycles. The average molecular weight is 430 g/mol. The molecule has 0 aliphatic carbocycles. The number of nitrogens with zero attached hydrogens (tertiary/aromatic N) is 2. The fourth-order valence-electron chi connectivity index (χ4n) is 2.10. The van der Waals surface area contributed by atoms with E-state index in [9.17, 15) is 14.4 Å². The number of benzene rings is 1. The predicted octanol–water partition coefficient (Wildman–Crippen LogP) is 3.64. The molecule has 0 fully saturated rings. The van der Waals surface area contributed by atoms with Crippen molar-refractivity contribution < 1.29 is 19.1 Å². The highest BCUT2D eigenvalue weighted by atomic mass is 35.5. The molecule has 2 rings (SSSR count). The van der Waals surface area contributed by atoms with Gasteiger partial charge in [0.1, 0.15) is 5.01 Å². The number of hydrogen-bond donors (Lipinski definition) is 1.